The van der Waals surface area contributed by atoms with Crippen LogP contribution in [0.5, 0.6) is 5.75 Å². The molecule has 1 saturated heterocycles. The summed E-state index contributed by atoms with van der Waals surface area (Å²) < 4.78 is 5.58. The molecule has 1 aromatic carbocycles. The van der Waals surface area contributed by atoms with Crippen LogP contribution in [-0.2, 0) is 0 Å². The Balaban J connectivity index is 1.77. The zero-order valence-electron chi connectivity index (χ0n) is 10.8. The van der Waals surface area contributed by atoms with Gasteiger partial charge in [-0.1, -0.05) is 11.6 Å². The number of nitrogens with zero attached hydrogens (tertiary/aromatic N) is 1. The fourth-order valence-corrected chi connectivity index (χ4v) is 2.46. The lowest BCUT2D eigenvalue weighted by Gasteiger charge is -2.14. The summed E-state index contributed by atoms with van der Waals surface area (Å²) >= 11 is 5.98. The number of halogens is 1. The molecule has 19 heavy (non-hydrogen) atoms. The van der Waals surface area contributed by atoms with Crippen LogP contribution in [0.15, 0.2) is 18.2 Å². The lowest BCUT2D eigenvalue weighted by Crippen LogP contribution is -2.21. The molecule has 104 valence electrons. The third-order valence-corrected chi connectivity index (χ3v) is 3.55. The normalized spacial score (nSPS) is 15.6. The van der Waals surface area contributed by atoms with Crippen molar-refractivity contribution in [1.82, 2.24) is 4.90 Å². The van der Waals surface area contributed by atoms with Crippen LogP contribution in [0, 0.1) is 0 Å². The van der Waals surface area contributed by atoms with E-state index in [1.807, 2.05) is 0 Å². The van der Waals surface area contributed by atoms with E-state index in [9.17, 15) is 4.79 Å². The van der Waals surface area contributed by atoms with Crippen molar-refractivity contribution >= 4 is 17.6 Å². The van der Waals surface area contributed by atoms with Crippen LogP contribution in [0.1, 0.15) is 29.6 Å². The average Bonchev–Trinajstić information content (AvgIpc) is 2.89. The molecule has 0 aromatic heterocycles. The fraction of sp³-hybridized carbons (Fsp3) is 0.500. The van der Waals surface area contributed by atoms with Crippen molar-refractivity contribution in [1.29, 1.82) is 0 Å². The van der Waals surface area contributed by atoms with Gasteiger partial charge in [0, 0.05) is 6.54 Å². The largest absolute Gasteiger partial charge is 0.492 e. The van der Waals surface area contributed by atoms with Crippen molar-refractivity contribution in [3.63, 3.8) is 0 Å². The maximum absolute atomic E-state index is 10.8. The van der Waals surface area contributed by atoms with Crippen molar-refractivity contribution in [3.05, 3.63) is 28.8 Å². The van der Waals surface area contributed by atoms with Gasteiger partial charge in [-0.2, -0.15) is 0 Å². The van der Waals surface area contributed by atoms with E-state index in [-0.39, 0.29) is 5.56 Å². The van der Waals surface area contributed by atoms with Gasteiger partial charge in [-0.25, -0.2) is 4.79 Å². The van der Waals surface area contributed by atoms with Crippen LogP contribution >= 0.6 is 11.6 Å². The number of rotatable bonds is 6. The Hall–Kier alpha value is -1.26. The smallest absolute Gasteiger partial charge is 0.335 e. The molecule has 0 saturated carbocycles. The van der Waals surface area contributed by atoms with Crippen LogP contribution in [0.4, 0.5) is 0 Å². The van der Waals surface area contributed by atoms with Gasteiger partial charge < -0.3 is 14.7 Å². The third kappa shape index (κ3) is 4.11. The molecule has 1 heterocycles. The van der Waals surface area contributed by atoms with Gasteiger partial charge in [-0.3, -0.25) is 0 Å². The molecule has 0 spiro atoms. The Morgan fingerprint density at radius 1 is 1.37 bits per heavy atom. The first-order valence-electron chi connectivity index (χ1n) is 6.55. The maximum Gasteiger partial charge on any atom is 0.335 e. The monoisotopic (exact) mass is 283 g/mol. The fourth-order valence-electron chi connectivity index (χ4n) is 2.23. The van der Waals surface area contributed by atoms with Crippen LogP contribution in [0.3, 0.4) is 0 Å². The number of carboxylic acid groups (broad SMARTS) is 1. The van der Waals surface area contributed by atoms with Crippen molar-refractivity contribution in [3.8, 4) is 5.75 Å². The summed E-state index contributed by atoms with van der Waals surface area (Å²) in [5.41, 5.74) is 0.175. The van der Waals surface area contributed by atoms with Crippen molar-refractivity contribution in [2.75, 3.05) is 26.2 Å². The van der Waals surface area contributed by atoms with Crippen molar-refractivity contribution in [2.45, 2.75) is 19.3 Å². The van der Waals surface area contributed by atoms with Gasteiger partial charge in [-0.05, 0) is 50.6 Å². The second-order valence-corrected chi connectivity index (χ2v) is 5.11. The molecule has 0 atom stereocenters. The standard InChI is InChI=1S/C14H18ClNO3/c15-12-10-11(14(17)18)4-5-13(12)19-9-3-8-16-6-1-2-7-16/h4-5,10H,1-3,6-9H2,(H,17,18). The molecule has 2 rings (SSSR count). The zero-order chi connectivity index (χ0) is 13.7. The number of carbonyl (C=O) groups is 1. The molecule has 1 aromatic rings. The number of hydrogen-bond acceptors (Lipinski definition) is 3. The summed E-state index contributed by atoms with van der Waals surface area (Å²) in [5.74, 6) is -0.435. The molecular weight excluding hydrogens is 266 g/mol. The van der Waals surface area contributed by atoms with E-state index >= 15 is 0 Å². The molecule has 1 aliphatic rings. The molecular formula is C14H18ClNO3. The van der Waals surface area contributed by atoms with Gasteiger partial charge in [-0.15, -0.1) is 0 Å². The van der Waals surface area contributed by atoms with E-state index in [0.717, 1.165) is 13.0 Å². The Morgan fingerprint density at radius 3 is 2.74 bits per heavy atom. The molecule has 0 unspecified atom stereocenters. The van der Waals surface area contributed by atoms with E-state index in [0.29, 0.717) is 17.4 Å². The molecule has 4 nitrogen and oxygen atoms in total. The number of hydrogen-bond donors (Lipinski definition) is 1. The summed E-state index contributed by atoms with van der Waals surface area (Å²) in [7, 11) is 0. The molecule has 0 bridgehead atoms. The highest BCUT2D eigenvalue weighted by atomic mass is 35.5. The first-order valence-corrected chi connectivity index (χ1v) is 6.92. The number of carboxylic acids is 1. The van der Waals surface area contributed by atoms with E-state index in [1.54, 1.807) is 6.07 Å². The predicted molar refractivity (Wildman–Crippen MR) is 74.2 cm³/mol. The molecule has 0 aliphatic carbocycles. The van der Waals surface area contributed by atoms with Crippen LogP contribution in [0.2, 0.25) is 5.02 Å². The van der Waals surface area contributed by atoms with Gasteiger partial charge in [0.25, 0.3) is 0 Å². The minimum atomic E-state index is -0.984. The topological polar surface area (TPSA) is 49.8 Å². The summed E-state index contributed by atoms with van der Waals surface area (Å²) in [5, 5.41) is 9.18. The lowest BCUT2D eigenvalue weighted by atomic mass is 10.2. The Bertz CT molecular complexity index is 444. The minimum Gasteiger partial charge on any atom is -0.492 e. The van der Waals surface area contributed by atoms with Crippen LogP contribution in [-0.4, -0.2) is 42.2 Å². The third-order valence-electron chi connectivity index (χ3n) is 3.25. The van der Waals surface area contributed by atoms with Gasteiger partial charge in [0.1, 0.15) is 5.75 Å². The molecule has 1 fully saturated rings. The zero-order valence-corrected chi connectivity index (χ0v) is 11.5. The van der Waals surface area contributed by atoms with Crippen molar-refractivity contribution < 1.29 is 14.6 Å². The Morgan fingerprint density at radius 2 is 2.11 bits per heavy atom. The van der Waals surface area contributed by atoms with E-state index in [2.05, 4.69) is 4.90 Å². The number of likely N-dealkylation sites (tertiary alicyclic amines) is 1. The predicted octanol–water partition coefficient (Wildman–Crippen LogP) is 2.90. The average molecular weight is 284 g/mol. The van der Waals surface area contributed by atoms with Gasteiger partial charge in [0.2, 0.25) is 0 Å². The molecule has 1 N–H and O–H groups in total. The van der Waals surface area contributed by atoms with Crippen LogP contribution < -0.4 is 4.74 Å². The number of aromatic carboxylic acids is 1. The lowest BCUT2D eigenvalue weighted by molar-refractivity contribution is 0.0697. The Kier molecular flexibility index (Phi) is 5.05. The van der Waals surface area contributed by atoms with E-state index in [1.165, 1.54) is 38.1 Å². The minimum absolute atomic E-state index is 0.175. The SMILES string of the molecule is O=C(O)c1ccc(OCCCN2CCCC2)c(Cl)c1. The second-order valence-electron chi connectivity index (χ2n) is 4.70. The summed E-state index contributed by atoms with van der Waals surface area (Å²) in [6, 6.07) is 4.53. The van der Waals surface area contributed by atoms with Gasteiger partial charge in [0.15, 0.2) is 0 Å². The number of ether oxygens (including phenoxy) is 1. The summed E-state index contributed by atoms with van der Waals surface area (Å²) in [6.45, 7) is 4.02. The highest BCUT2D eigenvalue weighted by Gasteiger charge is 2.11. The maximum atomic E-state index is 10.8. The Labute approximate surface area is 117 Å². The molecule has 5 heteroatoms. The first kappa shape index (κ1) is 14.2. The molecule has 1 aliphatic heterocycles. The van der Waals surface area contributed by atoms with Gasteiger partial charge >= 0.3 is 5.97 Å². The molecule has 0 amide bonds. The first-order chi connectivity index (χ1) is 9.16. The van der Waals surface area contributed by atoms with E-state index in [4.69, 9.17) is 21.4 Å². The van der Waals surface area contributed by atoms with Gasteiger partial charge in [0.05, 0.1) is 17.2 Å². The summed E-state index contributed by atoms with van der Waals surface area (Å²) in [6.07, 6.45) is 3.55. The summed E-state index contributed by atoms with van der Waals surface area (Å²) in [4.78, 5) is 13.2. The molecule has 0 radical (unpaired) electrons. The van der Waals surface area contributed by atoms with Crippen LogP contribution in [0.25, 0.3) is 0 Å². The second kappa shape index (κ2) is 6.78. The quantitative estimate of drug-likeness (QED) is 0.816. The van der Waals surface area contributed by atoms with E-state index < -0.39 is 5.97 Å². The number of benzene rings is 1. The highest BCUT2D eigenvalue weighted by molar-refractivity contribution is 6.32. The highest BCUT2D eigenvalue weighted by Crippen LogP contribution is 2.25. The van der Waals surface area contributed by atoms with Crippen molar-refractivity contribution in [2.24, 2.45) is 0 Å².